The first kappa shape index (κ1) is 12.6. The first-order valence-electron chi connectivity index (χ1n) is 4.59. The van der Waals surface area contributed by atoms with Gasteiger partial charge in [-0.2, -0.15) is 0 Å². The molecule has 0 aliphatic carbocycles. The molecule has 0 saturated heterocycles. The molecule has 0 aromatic rings. The van der Waals surface area contributed by atoms with Gasteiger partial charge in [0.25, 0.3) is 0 Å². The second-order valence-corrected chi connectivity index (χ2v) is 5.85. The molecule has 0 amide bonds. The Morgan fingerprint density at radius 2 is 1.85 bits per heavy atom. The molecular formula is C9H18O3S. The van der Waals surface area contributed by atoms with Gasteiger partial charge in [-0.25, -0.2) is 8.42 Å². The maximum atomic E-state index is 11.3. The summed E-state index contributed by atoms with van der Waals surface area (Å²) in [5.74, 6) is -0.232. The van der Waals surface area contributed by atoms with E-state index in [1.807, 2.05) is 20.8 Å². The van der Waals surface area contributed by atoms with Crippen molar-refractivity contribution < 1.29 is 13.2 Å². The zero-order chi connectivity index (χ0) is 10.5. The summed E-state index contributed by atoms with van der Waals surface area (Å²) in [7, 11) is -3.15. The highest BCUT2D eigenvalue weighted by molar-refractivity contribution is 7.92. The minimum absolute atomic E-state index is 0.0967. The van der Waals surface area contributed by atoms with E-state index in [1.54, 1.807) is 0 Å². The van der Waals surface area contributed by atoms with Crippen LogP contribution in [-0.2, 0) is 14.6 Å². The Hall–Kier alpha value is -0.380. The van der Waals surface area contributed by atoms with E-state index in [1.165, 1.54) is 0 Å². The molecule has 0 aromatic carbocycles. The molecule has 4 heteroatoms. The van der Waals surface area contributed by atoms with Crippen molar-refractivity contribution in [3.05, 3.63) is 0 Å². The van der Waals surface area contributed by atoms with Crippen molar-refractivity contribution >= 4 is 15.6 Å². The summed E-state index contributed by atoms with van der Waals surface area (Å²) >= 11 is 0. The van der Waals surface area contributed by atoms with Gasteiger partial charge in [-0.05, 0) is 12.3 Å². The third-order valence-electron chi connectivity index (χ3n) is 1.50. The second-order valence-electron chi connectivity index (χ2n) is 3.74. The molecule has 0 heterocycles. The van der Waals surface area contributed by atoms with Gasteiger partial charge in [0.15, 0.2) is 9.84 Å². The molecule has 13 heavy (non-hydrogen) atoms. The quantitative estimate of drug-likeness (QED) is 0.660. The van der Waals surface area contributed by atoms with Crippen LogP contribution in [0.3, 0.4) is 0 Å². The Balaban J connectivity index is 4.10. The van der Waals surface area contributed by atoms with Gasteiger partial charge in [0.1, 0.15) is 11.5 Å². The van der Waals surface area contributed by atoms with Gasteiger partial charge in [-0.3, -0.25) is 4.79 Å². The lowest BCUT2D eigenvalue weighted by atomic mass is 10.3. The monoisotopic (exact) mass is 206 g/mol. The van der Waals surface area contributed by atoms with E-state index in [-0.39, 0.29) is 23.2 Å². The topological polar surface area (TPSA) is 51.2 Å². The van der Waals surface area contributed by atoms with Crippen LogP contribution in [0.5, 0.6) is 0 Å². The van der Waals surface area contributed by atoms with Gasteiger partial charge >= 0.3 is 0 Å². The number of rotatable bonds is 6. The number of hydrogen-bond donors (Lipinski definition) is 0. The summed E-state index contributed by atoms with van der Waals surface area (Å²) in [5, 5.41) is 0. The zero-order valence-corrected chi connectivity index (χ0v) is 9.36. The molecule has 0 bridgehead atoms. The van der Waals surface area contributed by atoms with E-state index >= 15 is 0 Å². The van der Waals surface area contributed by atoms with Gasteiger partial charge in [-0.1, -0.05) is 20.8 Å². The SMILES string of the molecule is CCCC(=O)CS(=O)(=O)CC(C)C. The normalized spacial score (nSPS) is 12.0. The second kappa shape index (κ2) is 5.37. The Labute approximate surface area is 80.4 Å². The Bertz CT molecular complexity index is 252. The van der Waals surface area contributed by atoms with E-state index in [0.29, 0.717) is 6.42 Å². The number of carbonyl (C=O) groups is 1. The van der Waals surface area contributed by atoms with Crippen molar-refractivity contribution in [1.29, 1.82) is 0 Å². The van der Waals surface area contributed by atoms with E-state index < -0.39 is 9.84 Å². The predicted octanol–water partition coefficient (Wildman–Crippen LogP) is 1.43. The largest absolute Gasteiger partial charge is 0.299 e. The van der Waals surface area contributed by atoms with Gasteiger partial charge < -0.3 is 0 Å². The minimum atomic E-state index is -3.15. The molecule has 0 unspecified atom stereocenters. The summed E-state index contributed by atoms with van der Waals surface area (Å²) < 4.78 is 22.6. The number of hydrogen-bond acceptors (Lipinski definition) is 3. The molecule has 0 aliphatic heterocycles. The molecule has 0 aliphatic rings. The van der Waals surface area contributed by atoms with Crippen LogP contribution < -0.4 is 0 Å². The lowest BCUT2D eigenvalue weighted by Gasteiger charge is -2.05. The predicted molar refractivity (Wildman–Crippen MR) is 53.4 cm³/mol. The zero-order valence-electron chi connectivity index (χ0n) is 8.54. The fraction of sp³-hybridized carbons (Fsp3) is 0.889. The number of ketones is 1. The van der Waals surface area contributed by atoms with Crippen LogP contribution in [0.4, 0.5) is 0 Å². The van der Waals surface area contributed by atoms with Gasteiger partial charge in [0.05, 0.1) is 5.75 Å². The van der Waals surface area contributed by atoms with Crippen LogP contribution in [0.25, 0.3) is 0 Å². The summed E-state index contributed by atoms with van der Waals surface area (Å²) in [5.41, 5.74) is 0. The van der Waals surface area contributed by atoms with Crippen molar-refractivity contribution in [3.63, 3.8) is 0 Å². The molecule has 0 N–H and O–H groups in total. The van der Waals surface area contributed by atoms with Crippen molar-refractivity contribution in [2.75, 3.05) is 11.5 Å². The fourth-order valence-electron chi connectivity index (χ4n) is 1.16. The smallest absolute Gasteiger partial charge is 0.157 e. The fourth-order valence-corrected chi connectivity index (χ4v) is 2.93. The number of sulfone groups is 1. The third-order valence-corrected chi connectivity index (χ3v) is 3.43. The summed E-state index contributed by atoms with van der Waals surface area (Å²) in [6.07, 6.45) is 1.09. The Morgan fingerprint density at radius 3 is 2.23 bits per heavy atom. The molecular weight excluding hydrogens is 188 g/mol. The standard InChI is InChI=1S/C9H18O3S/c1-4-5-9(10)7-13(11,12)6-8(2)3/h8H,4-7H2,1-3H3. The number of carbonyl (C=O) groups excluding carboxylic acids is 1. The highest BCUT2D eigenvalue weighted by Crippen LogP contribution is 2.02. The summed E-state index contributed by atoms with van der Waals surface area (Å²) in [4.78, 5) is 11.1. The average Bonchev–Trinajstić information content (AvgIpc) is 1.81. The maximum Gasteiger partial charge on any atom is 0.157 e. The van der Waals surface area contributed by atoms with Crippen LogP contribution in [0.15, 0.2) is 0 Å². The molecule has 0 aromatic heterocycles. The minimum Gasteiger partial charge on any atom is -0.299 e. The molecule has 0 radical (unpaired) electrons. The molecule has 0 spiro atoms. The molecule has 0 atom stereocenters. The van der Waals surface area contributed by atoms with Gasteiger partial charge in [0, 0.05) is 6.42 Å². The van der Waals surface area contributed by atoms with Gasteiger partial charge in [0.2, 0.25) is 0 Å². The summed E-state index contributed by atoms with van der Waals surface area (Å²) in [6.45, 7) is 5.54. The first-order chi connectivity index (χ1) is 5.87. The summed E-state index contributed by atoms with van der Waals surface area (Å²) in [6, 6.07) is 0. The third kappa shape index (κ3) is 6.75. The van der Waals surface area contributed by atoms with E-state index in [9.17, 15) is 13.2 Å². The maximum absolute atomic E-state index is 11.3. The average molecular weight is 206 g/mol. The van der Waals surface area contributed by atoms with E-state index in [4.69, 9.17) is 0 Å². The number of Topliss-reactive ketones (excluding diaryl/α,β-unsaturated/α-hetero) is 1. The van der Waals surface area contributed by atoms with E-state index in [2.05, 4.69) is 0 Å². The molecule has 0 fully saturated rings. The first-order valence-corrected chi connectivity index (χ1v) is 6.41. The van der Waals surface area contributed by atoms with Crippen molar-refractivity contribution in [2.24, 2.45) is 5.92 Å². The highest BCUT2D eigenvalue weighted by Gasteiger charge is 2.17. The lowest BCUT2D eigenvalue weighted by molar-refractivity contribution is -0.116. The molecule has 3 nitrogen and oxygen atoms in total. The molecule has 0 rings (SSSR count). The van der Waals surface area contributed by atoms with E-state index in [0.717, 1.165) is 6.42 Å². The van der Waals surface area contributed by atoms with Crippen molar-refractivity contribution in [3.8, 4) is 0 Å². The van der Waals surface area contributed by atoms with Crippen LogP contribution in [0, 0.1) is 5.92 Å². The Morgan fingerprint density at radius 1 is 1.31 bits per heavy atom. The van der Waals surface area contributed by atoms with Crippen LogP contribution in [-0.4, -0.2) is 25.7 Å². The Kier molecular flexibility index (Phi) is 5.21. The van der Waals surface area contributed by atoms with Crippen LogP contribution >= 0.6 is 0 Å². The van der Waals surface area contributed by atoms with Crippen molar-refractivity contribution in [2.45, 2.75) is 33.6 Å². The van der Waals surface area contributed by atoms with Crippen LogP contribution in [0.2, 0.25) is 0 Å². The van der Waals surface area contributed by atoms with Crippen molar-refractivity contribution in [1.82, 2.24) is 0 Å². The lowest BCUT2D eigenvalue weighted by Crippen LogP contribution is -2.21. The molecule has 78 valence electrons. The van der Waals surface area contributed by atoms with Gasteiger partial charge in [-0.15, -0.1) is 0 Å². The highest BCUT2D eigenvalue weighted by atomic mass is 32.2. The van der Waals surface area contributed by atoms with Crippen LogP contribution in [0.1, 0.15) is 33.6 Å². The molecule has 0 saturated carbocycles.